The molecule has 0 bridgehead atoms. The predicted molar refractivity (Wildman–Crippen MR) is 83.0 cm³/mol. The van der Waals surface area contributed by atoms with Crippen molar-refractivity contribution < 1.29 is 4.74 Å². The van der Waals surface area contributed by atoms with E-state index in [-0.39, 0.29) is 0 Å². The van der Waals surface area contributed by atoms with Gasteiger partial charge in [0.25, 0.3) is 0 Å². The Morgan fingerprint density at radius 1 is 1.35 bits per heavy atom. The van der Waals surface area contributed by atoms with Gasteiger partial charge in [0, 0.05) is 25.0 Å². The molecule has 1 aliphatic heterocycles. The van der Waals surface area contributed by atoms with Gasteiger partial charge in [-0.1, -0.05) is 20.3 Å². The fraction of sp³-hybridized carbons (Fsp3) is 0.706. The highest BCUT2D eigenvalue weighted by Gasteiger charge is 2.12. The maximum atomic E-state index is 5.39. The van der Waals surface area contributed by atoms with E-state index in [4.69, 9.17) is 4.74 Å². The molecule has 1 aromatic rings. The zero-order valence-electron chi connectivity index (χ0n) is 13.0. The van der Waals surface area contributed by atoms with Crippen LogP contribution in [-0.2, 0) is 17.6 Å². The molecular weight excluding hydrogens is 248 g/mol. The van der Waals surface area contributed by atoms with Gasteiger partial charge in [0.1, 0.15) is 0 Å². The largest absolute Gasteiger partial charge is 0.379 e. The zero-order valence-corrected chi connectivity index (χ0v) is 13.0. The van der Waals surface area contributed by atoms with Crippen LogP contribution >= 0.6 is 0 Å². The third-order valence-electron chi connectivity index (χ3n) is 4.02. The molecule has 0 spiro atoms. The Morgan fingerprint density at radius 3 is 2.90 bits per heavy atom. The lowest BCUT2D eigenvalue weighted by Gasteiger charge is -2.27. The van der Waals surface area contributed by atoms with Crippen LogP contribution in [-0.4, -0.2) is 42.7 Å². The van der Waals surface area contributed by atoms with Gasteiger partial charge in [-0.15, -0.1) is 0 Å². The molecule has 0 radical (unpaired) electrons. The molecular formula is C17H28N2O. The molecule has 3 nitrogen and oxygen atoms in total. The Hall–Kier alpha value is -0.930. The number of rotatable bonds is 7. The molecule has 112 valence electrons. The summed E-state index contributed by atoms with van der Waals surface area (Å²) in [6.07, 6.45) is 6.68. The van der Waals surface area contributed by atoms with Gasteiger partial charge in [-0.05, 0) is 49.4 Å². The quantitative estimate of drug-likeness (QED) is 0.765. The Morgan fingerprint density at radius 2 is 2.15 bits per heavy atom. The number of aryl methyl sites for hydroxylation is 1. The Bertz CT molecular complexity index is 388. The average molecular weight is 276 g/mol. The van der Waals surface area contributed by atoms with Crippen molar-refractivity contribution in [1.82, 2.24) is 9.88 Å². The molecule has 1 unspecified atom stereocenters. The van der Waals surface area contributed by atoms with E-state index in [0.29, 0.717) is 5.92 Å². The summed E-state index contributed by atoms with van der Waals surface area (Å²) in [5.41, 5.74) is 2.68. The van der Waals surface area contributed by atoms with Gasteiger partial charge in [-0.2, -0.15) is 0 Å². The van der Waals surface area contributed by atoms with Gasteiger partial charge >= 0.3 is 0 Å². The van der Waals surface area contributed by atoms with E-state index in [1.54, 1.807) is 0 Å². The highest BCUT2D eigenvalue weighted by atomic mass is 16.5. The fourth-order valence-corrected chi connectivity index (χ4v) is 2.77. The Labute approximate surface area is 123 Å². The molecule has 1 saturated heterocycles. The monoisotopic (exact) mass is 276 g/mol. The fourth-order valence-electron chi connectivity index (χ4n) is 2.77. The van der Waals surface area contributed by atoms with Gasteiger partial charge in [-0.3, -0.25) is 9.88 Å². The highest BCUT2D eigenvalue weighted by molar-refractivity contribution is 5.16. The van der Waals surface area contributed by atoms with Crippen LogP contribution in [0.5, 0.6) is 0 Å². The number of hydrogen-bond donors (Lipinski definition) is 0. The van der Waals surface area contributed by atoms with Crippen molar-refractivity contribution in [3.63, 3.8) is 0 Å². The van der Waals surface area contributed by atoms with Crippen molar-refractivity contribution in [3.05, 3.63) is 29.6 Å². The molecule has 1 aromatic heterocycles. The van der Waals surface area contributed by atoms with Crippen LogP contribution in [0.4, 0.5) is 0 Å². The zero-order chi connectivity index (χ0) is 14.2. The van der Waals surface area contributed by atoms with Crippen LogP contribution in [0.25, 0.3) is 0 Å². The summed E-state index contributed by atoms with van der Waals surface area (Å²) in [6, 6.07) is 4.43. The smallest absolute Gasteiger partial charge is 0.0594 e. The van der Waals surface area contributed by atoms with Crippen molar-refractivity contribution in [2.45, 2.75) is 39.5 Å². The summed E-state index contributed by atoms with van der Waals surface area (Å²) in [4.78, 5) is 7.04. The number of nitrogens with zero attached hydrogens (tertiary/aromatic N) is 2. The van der Waals surface area contributed by atoms with Crippen LogP contribution in [0.1, 0.15) is 37.9 Å². The van der Waals surface area contributed by atoms with E-state index in [2.05, 4.69) is 35.9 Å². The second-order valence-electron chi connectivity index (χ2n) is 5.96. The molecule has 0 N–H and O–H groups in total. The van der Waals surface area contributed by atoms with E-state index in [1.165, 1.54) is 30.6 Å². The van der Waals surface area contributed by atoms with Crippen molar-refractivity contribution in [2.24, 2.45) is 5.92 Å². The lowest BCUT2D eigenvalue weighted by Crippen LogP contribution is -2.37. The summed E-state index contributed by atoms with van der Waals surface area (Å²) in [5, 5.41) is 0. The van der Waals surface area contributed by atoms with Crippen molar-refractivity contribution in [1.29, 1.82) is 0 Å². The maximum absolute atomic E-state index is 5.39. The van der Waals surface area contributed by atoms with Gasteiger partial charge in [0.2, 0.25) is 0 Å². The summed E-state index contributed by atoms with van der Waals surface area (Å²) in [5.74, 6) is 0.697. The molecule has 2 heterocycles. The molecule has 3 heteroatoms. The maximum Gasteiger partial charge on any atom is 0.0594 e. The first kappa shape index (κ1) is 15.5. The summed E-state index contributed by atoms with van der Waals surface area (Å²) in [7, 11) is 0. The van der Waals surface area contributed by atoms with Crippen molar-refractivity contribution >= 4 is 0 Å². The van der Waals surface area contributed by atoms with Gasteiger partial charge in [0.15, 0.2) is 0 Å². The molecule has 2 rings (SSSR count). The molecule has 1 aliphatic rings. The van der Waals surface area contributed by atoms with E-state index in [9.17, 15) is 0 Å². The normalized spacial score (nSPS) is 18.1. The SMILES string of the molecule is CCCc1ccnc(CC(C)CCN2CCOCC2)c1. The lowest BCUT2D eigenvalue weighted by atomic mass is 9.99. The van der Waals surface area contributed by atoms with Gasteiger partial charge in [-0.25, -0.2) is 0 Å². The number of ether oxygens (including phenoxy) is 1. The minimum absolute atomic E-state index is 0.697. The van der Waals surface area contributed by atoms with Crippen LogP contribution in [0.15, 0.2) is 18.3 Å². The van der Waals surface area contributed by atoms with Gasteiger partial charge < -0.3 is 4.74 Å². The first-order valence-corrected chi connectivity index (χ1v) is 8.02. The Balaban J connectivity index is 1.75. The highest BCUT2D eigenvalue weighted by Crippen LogP contribution is 2.13. The van der Waals surface area contributed by atoms with E-state index >= 15 is 0 Å². The topological polar surface area (TPSA) is 25.4 Å². The molecule has 0 aromatic carbocycles. The van der Waals surface area contributed by atoms with E-state index in [0.717, 1.165) is 39.1 Å². The number of hydrogen-bond acceptors (Lipinski definition) is 3. The second-order valence-corrected chi connectivity index (χ2v) is 5.96. The van der Waals surface area contributed by atoms with E-state index in [1.807, 2.05) is 6.20 Å². The minimum atomic E-state index is 0.697. The lowest BCUT2D eigenvalue weighted by molar-refractivity contribution is 0.0357. The third kappa shape index (κ3) is 5.22. The minimum Gasteiger partial charge on any atom is -0.379 e. The summed E-state index contributed by atoms with van der Waals surface area (Å²) >= 11 is 0. The molecule has 0 amide bonds. The molecule has 1 atom stereocenters. The van der Waals surface area contributed by atoms with Crippen molar-refractivity contribution in [2.75, 3.05) is 32.8 Å². The first-order valence-electron chi connectivity index (χ1n) is 8.02. The number of morpholine rings is 1. The molecule has 20 heavy (non-hydrogen) atoms. The third-order valence-corrected chi connectivity index (χ3v) is 4.02. The predicted octanol–water partition coefficient (Wildman–Crippen LogP) is 2.94. The van der Waals surface area contributed by atoms with Crippen LogP contribution in [0.3, 0.4) is 0 Å². The molecule has 0 aliphatic carbocycles. The first-order chi connectivity index (χ1) is 9.78. The Kier molecular flexibility index (Phi) is 6.48. The molecule has 1 fully saturated rings. The van der Waals surface area contributed by atoms with Crippen LogP contribution in [0, 0.1) is 5.92 Å². The summed E-state index contributed by atoms with van der Waals surface area (Å²) in [6.45, 7) is 9.75. The van der Waals surface area contributed by atoms with Crippen LogP contribution in [0.2, 0.25) is 0 Å². The van der Waals surface area contributed by atoms with E-state index < -0.39 is 0 Å². The standard InChI is InChI=1S/C17H28N2O/c1-3-4-16-5-7-18-17(14-16)13-15(2)6-8-19-9-11-20-12-10-19/h5,7,14-15H,3-4,6,8-13H2,1-2H3. The van der Waals surface area contributed by atoms with Crippen molar-refractivity contribution in [3.8, 4) is 0 Å². The second kappa shape index (κ2) is 8.38. The van der Waals surface area contributed by atoms with Gasteiger partial charge in [0.05, 0.1) is 13.2 Å². The van der Waals surface area contributed by atoms with Crippen LogP contribution < -0.4 is 0 Å². The molecule has 0 saturated carbocycles. The number of pyridine rings is 1. The number of aromatic nitrogens is 1. The summed E-state index contributed by atoms with van der Waals surface area (Å²) < 4.78 is 5.39. The average Bonchev–Trinajstić information content (AvgIpc) is 2.47.